The second-order valence-electron chi connectivity index (χ2n) is 6.20. The minimum atomic E-state index is -0.421. The SMILES string of the molecule is Cc1cc(C(=O)NNC(=O)c2ccccc2)c2cnn(Cc3cccs3)c2n1. The van der Waals surface area contributed by atoms with Gasteiger partial charge < -0.3 is 0 Å². The number of carbonyl (C=O) groups is 2. The number of nitrogens with one attached hydrogen (secondary N) is 2. The quantitative estimate of drug-likeness (QED) is 0.524. The molecule has 0 saturated carbocycles. The third-order valence-corrected chi connectivity index (χ3v) is 5.05. The van der Waals surface area contributed by atoms with Gasteiger partial charge in [-0.1, -0.05) is 24.3 Å². The van der Waals surface area contributed by atoms with Crippen LogP contribution in [-0.2, 0) is 6.54 Å². The van der Waals surface area contributed by atoms with Crippen LogP contribution in [0.3, 0.4) is 0 Å². The maximum absolute atomic E-state index is 12.7. The predicted octanol–water partition coefficient (Wildman–Crippen LogP) is 2.92. The Morgan fingerprint density at radius 1 is 1.07 bits per heavy atom. The smallest absolute Gasteiger partial charge is 0.267 e. The number of amides is 2. The van der Waals surface area contributed by atoms with E-state index in [0.717, 1.165) is 4.88 Å². The number of hydrazine groups is 1. The highest BCUT2D eigenvalue weighted by atomic mass is 32.1. The van der Waals surface area contributed by atoms with Crippen molar-refractivity contribution in [2.75, 3.05) is 0 Å². The Balaban J connectivity index is 1.57. The molecule has 2 amide bonds. The molecule has 140 valence electrons. The van der Waals surface area contributed by atoms with E-state index in [9.17, 15) is 9.59 Å². The van der Waals surface area contributed by atoms with Gasteiger partial charge in [-0.25, -0.2) is 9.67 Å². The van der Waals surface area contributed by atoms with Crippen LogP contribution in [0.4, 0.5) is 0 Å². The number of hydrogen-bond acceptors (Lipinski definition) is 5. The van der Waals surface area contributed by atoms with Crippen LogP contribution in [0.5, 0.6) is 0 Å². The first kappa shape index (κ1) is 17.9. The molecule has 4 aromatic rings. The summed E-state index contributed by atoms with van der Waals surface area (Å²) in [7, 11) is 0. The molecule has 4 rings (SSSR count). The summed E-state index contributed by atoms with van der Waals surface area (Å²) in [5, 5.41) is 7.03. The van der Waals surface area contributed by atoms with E-state index in [1.165, 1.54) is 0 Å². The van der Waals surface area contributed by atoms with Gasteiger partial charge in [0.05, 0.1) is 23.7 Å². The number of fused-ring (bicyclic) bond motifs is 1. The first-order chi connectivity index (χ1) is 13.6. The third-order valence-electron chi connectivity index (χ3n) is 4.19. The second kappa shape index (κ2) is 7.61. The number of pyridine rings is 1. The summed E-state index contributed by atoms with van der Waals surface area (Å²) in [5.74, 6) is -0.806. The van der Waals surface area contributed by atoms with Crippen LogP contribution >= 0.6 is 11.3 Å². The number of aryl methyl sites for hydroxylation is 1. The fraction of sp³-hybridized carbons (Fsp3) is 0.100. The van der Waals surface area contributed by atoms with Crippen molar-refractivity contribution < 1.29 is 9.59 Å². The largest absolute Gasteiger partial charge is 0.270 e. The minimum absolute atomic E-state index is 0.385. The average molecular weight is 391 g/mol. The topological polar surface area (TPSA) is 88.9 Å². The predicted molar refractivity (Wildman–Crippen MR) is 107 cm³/mol. The number of benzene rings is 1. The van der Waals surface area contributed by atoms with Crippen molar-refractivity contribution >= 4 is 34.2 Å². The van der Waals surface area contributed by atoms with E-state index in [0.29, 0.717) is 34.4 Å². The number of carbonyl (C=O) groups excluding carboxylic acids is 2. The first-order valence-electron chi connectivity index (χ1n) is 8.63. The zero-order chi connectivity index (χ0) is 19.5. The lowest BCUT2D eigenvalue weighted by Crippen LogP contribution is -2.41. The highest BCUT2D eigenvalue weighted by molar-refractivity contribution is 7.09. The van der Waals surface area contributed by atoms with Crippen LogP contribution in [0, 0.1) is 6.92 Å². The number of rotatable bonds is 4. The fourth-order valence-electron chi connectivity index (χ4n) is 2.87. The summed E-state index contributed by atoms with van der Waals surface area (Å²) in [4.78, 5) is 30.5. The van der Waals surface area contributed by atoms with Gasteiger partial charge in [-0.3, -0.25) is 20.4 Å². The summed E-state index contributed by atoms with van der Waals surface area (Å²) in [5.41, 5.74) is 7.11. The van der Waals surface area contributed by atoms with Crippen molar-refractivity contribution in [1.82, 2.24) is 25.6 Å². The molecule has 0 bridgehead atoms. The summed E-state index contributed by atoms with van der Waals surface area (Å²) >= 11 is 1.64. The van der Waals surface area contributed by atoms with Gasteiger partial charge in [0.15, 0.2) is 5.65 Å². The molecule has 1 aromatic carbocycles. The van der Waals surface area contributed by atoms with Crippen molar-refractivity contribution in [2.45, 2.75) is 13.5 Å². The lowest BCUT2D eigenvalue weighted by atomic mass is 10.1. The van der Waals surface area contributed by atoms with Gasteiger partial charge in [-0.2, -0.15) is 5.10 Å². The Morgan fingerprint density at radius 2 is 1.86 bits per heavy atom. The van der Waals surface area contributed by atoms with Crippen molar-refractivity contribution in [1.29, 1.82) is 0 Å². The molecule has 0 radical (unpaired) electrons. The van der Waals surface area contributed by atoms with Gasteiger partial charge in [-0.15, -0.1) is 11.3 Å². The van der Waals surface area contributed by atoms with Gasteiger partial charge in [0.1, 0.15) is 0 Å². The fourth-order valence-corrected chi connectivity index (χ4v) is 3.55. The van der Waals surface area contributed by atoms with Crippen LogP contribution in [-0.4, -0.2) is 26.6 Å². The van der Waals surface area contributed by atoms with E-state index in [1.54, 1.807) is 52.5 Å². The summed E-state index contributed by atoms with van der Waals surface area (Å²) in [6.07, 6.45) is 1.63. The summed E-state index contributed by atoms with van der Waals surface area (Å²) in [6.45, 7) is 2.41. The third kappa shape index (κ3) is 3.63. The first-order valence-corrected chi connectivity index (χ1v) is 9.51. The highest BCUT2D eigenvalue weighted by Gasteiger charge is 2.17. The molecule has 0 fully saturated rings. The molecule has 3 aromatic heterocycles. The Hall–Kier alpha value is -3.52. The van der Waals surface area contributed by atoms with E-state index in [2.05, 4.69) is 20.9 Å². The Labute approximate surface area is 165 Å². The molecule has 0 aliphatic heterocycles. The monoisotopic (exact) mass is 391 g/mol. The maximum atomic E-state index is 12.7. The number of nitrogens with zero attached hydrogens (tertiary/aromatic N) is 3. The minimum Gasteiger partial charge on any atom is -0.267 e. The zero-order valence-electron chi connectivity index (χ0n) is 15.0. The molecule has 0 aliphatic rings. The Bertz CT molecular complexity index is 1140. The van der Waals surface area contributed by atoms with Crippen LogP contribution in [0.25, 0.3) is 11.0 Å². The lowest BCUT2D eigenvalue weighted by molar-refractivity contribution is 0.0847. The van der Waals surface area contributed by atoms with Crippen LogP contribution in [0.2, 0.25) is 0 Å². The van der Waals surface area contributed by atoms with E-state index in [-0.39, 0.29) is 5.91 Å². The number of hydrogen-bond donors (Lipinski definition) is 2. The van der Waals surface area contributed by atoms with Gasteiger partial charge in [0, 0.05) is 16.1 Å². The summed E-state index contributed by atoms with van der Waals surface area (Å²) < 4.78 is 1.77. The van der Waals surface area contributed by atoms with Gasteiger partial charge in [0.25, 0.3) is 11.8 Å². The molecule has 3 heterocycles. The zero-order valence-corrected chi connectivity index (χ0v) is 15.9. The van der Waals surface area contributed by atoms with E-state index in [1.807, 2.05) is 30.5 Å². The van der Waals surface area contributed by atoms with E-state index < -0.39 is 5.91 Å². The number of aromatic nitrogens is 3. The van der Waals surface area contributed by atoms with Crippen molar-refractivity contribution in [3.8, 4) is 0 Å². The molecule has 28 heavy (non-hydrogen) atoms. The van der Waals surface area contributed by atoms with Gasteiger partial charge in [-0.05, 0) is 36.6 Å². The lowest BCUT2D eigenvalue weighted by Gasteiger charge is -2.09. The van der Waals surface area contributed by atoms with Gasteiger partial charge >= 0.3 is 0 Å². The Kier molecular flexibility index (Phi) is 4.86. The van der Waals surface area contributed by atoms with Crippen molar-refractivity contribution in [3.63, 3.8) is 0 Å². The van der Waals surface area contributed by atoms with Crippen molar-refractivity contribution in [3.05, 3.63) is 81.8 Å². The average Bonchev–Trinajstić information content (AvgIpc) is 3.36. The molecular weight excluding hydrogens is 374 g/mol. The molecule has 0 aliphatic carbocycles. The second-order valence-corrected chi connectivity index (χ2v) is 7.24. The van der Waals surface area contributed by atoms with Crippen LogP contribution in [0.1, 0.15) is 31.3 Å². The highest BCUT2D eigenvalue weighted by Crippen LogP contribution is 2.20. The molecule has 0 saturated heterocycles. The normalized spacial score (nSPS) is 10.8. The molecule has 0 atom stereocenters. The van der Waals surface area contributed by atoms with Crippen LogP contribution < -0.4 is 10.9 Å². The van der Waals surface area contributed by atoms with Crippen molar-refractivity contribution in [2.24, 2.45) is 0 Å². The maximum Gasteiger partial charge on any atom is 0.270 e. The standard InChI is InChI=1S/C20H17N5O2S/c1-13-10-16(20(27)24-23-19(26)14-6-3-2-4-7-14)17-11-21-25(18(17)22-13)12-15-8-5-9-28-15/h2-11H,12H2,1H3,(H,23,26)(H,24,27). The van der Waals surface area contributed by atoms with Crippen LogP contribution in [0.15, 0.2) is 60.1 Å². The Morgan fingerprint density at radius 3 is 2.61 bits per heavy atom. The molecule has 7 nitrogen and oxygen atoms in total. The number of thiophene rings is 1. The molecule has 0 spiro atoms. The molecule has 0 unspecified atom stereocenters. The molecule has 8 heteroatoms. The molecule has 2 N–H and O–H groups in total. The summed E-state index contributed by atoms with van der Waals surface area (Å²) in [6, 6.07) is 14.4. The van der Waals surface area contributed by atoms with E-state index in [4.69, 9.17) is 0 Å². The molecular formula is C20H17N5O2S. The van der Waals surface area contributed by atoms with Gasteiger partial charge in [0.2, 0.25) is 0 Å². The van der Waals surface area contributed by atoms with E-state index >= 15 is 0 Å².